The van der Waals surface area contributed by atoms with E-state index in [0.717, 1.165) is 29.4 Å². The summed E-state index contributed by atoms with van der Waals surface area (Å²) in [5, 5.41) is 8.76. The van der Waals surface area contributed by atoms with Gasteiger partial charge in [0, 0.05) is 17.1 Å². The summed E-state index contributed by atoms with van der Waals surface area (Å²) in [6.07, 6.45) is 2.83. The molecule has 78 valence electrons. The molecule has 15 heavy (non-hydrogen) atoms. The van der Waals surface area contributed by atoms with Gasteiger partial charge in [0.05, 0.1) is 0 Å². The first-order valence-corrected chi connectivity index (χ1v) is 5.33. The van der Waals surface area contributed by atoms with E-state index in [1.54, 1.807) is 6.33 Å². The molecular weight excluding hydrogens is 210 g/mol. The van der Waals surface area contributed by atoms with Gasteiger partial charge in [-0.05, 0) is 30.7 Å². The lowest BCUT2D eigenvalue weighted by Gasteiger charge is -2.04. The Morgan fingerprint density at radius 3 is 2.67 bits per heavy atom. The van der Waals surface area contributed by atoms with Crippen LogP contribution in [0.3, 0.4) is 0 Å². The monoisotopic (exact) mass is 221 g/mol. The zero-order chi connectivity index (χ0) is 10.7. The Hall–Kier alpha value is -1.35. The van der Waals surface area contributed by atoms with E-state index in [1.165, 1.54) is 0 Å². The van der Waals surface area contributed by atoms with Crippen LogP contribution in [0.25, 0.3) is 11.4 Å². The second-order valence-electron chi connectivity index (χ2n) is 3.35. The fourth-order valence-corrected chi connectivity index (χ4v) is 1.61. The summed E-state index contributed by atoms with van der Waals surface area (Å²) in [4.78, 5) is 0. The molecule has 0 fully saturated rings. The molecule has 1 heterocycles. The van der Waals surface area contributed by atoms with Crippen molar-refractivity contribution in [2.24, 2.45) is 0 Å². The van der Waals surface area contributed by atoms with Crippen LogP contribution in [0.5, 0.6) is 0 Å². The lowest BCUT2D eigenvalue weighted by Crippen LogP contribution is -1.97. The van der Waals surface area contributed by atoms with E-state index in [0.29, 0.717) is 0 Å². The Balaban J connectivity index is 2.36. The molecule has 0 N–H and O–H groups in total. The third kappa shape index (κ3) is 2.18. The van der Waals surface area contributed by atoms with Gasteiger partial charge in [-0.15, -0.1) is 10.2 Å². The summed E-state index contributed by atoms with van der Waals surface area (Å²) in [7, 11) is 0. The van der Waals surface area contributed by atoms with Crippen LogP contribution in [0.4, 0.5) is 0 Å². The van der Waals surface area contributed by atoms with Crippen molar-refractivity contribution < 1.29 is 0 Å². The van der Waals surface area contributed by atoms with Gasteiger partial charge in [0.25, 0.3) is 0 Å². The maximum atomic E-state index is 5.83. The van der Waals surface area contributed by atoms with Crippen LogP contribution in [0.15, 0.2) is 30.6 Å². The largest absolute Gasteiger partial charge is 0.314 e. The Kier molecular flexibility index (Phi) is 3.02. The van der Waals surface area contributed by atoms with Gasteiger partial charge in [0.1, 0.15) is 6.33 Å². The topological polar surface area (TPSA) is 30.7 Å². The third-order valence-electron chi connectivity index (χ3n) is 2.18. The maximum absolute atomic E-state index is 5.83. The molecule has 0 amide bonds. The number of halogens is 1. The summed E-state index contributed by atoms with van der Waals surface area (Å²) >= 11 is 5.83. The molecule has 4 heteroatoms. The smallest absolute Gasteiger partial charge is 0.163 e. The van der Waals surface area contributed by atoms with E-state index in [1.807, 2.05) is 28.8 Å². The van der Waals surface area contributed by atoms with Crippen molar-refractivity contribution in [3.63, 3.8) is 0 Å². The molecule has 0 aliphatic rings. The van der Waals surface area contributed by atoms with Crippen LogP contribution in [-0.2, 0) is 6.54 Å². The van der Waals surface area contributed by atoms with Crippen LogP contribution >= 0.6 is 11.6 Å². The molecule has 0 aliphatic heterocycles. The van der Waals surface area contributed by atoms with Gasteiger partial charge >= 0.3 is 0 Å². The molecule has 2 rings (SSSR count). The highest BCUT2D eigenvalue weighted by Crippen LogP contribution is 2.19. The van der Waals surface area contributed by atoms with Gasteiger partial charge < -0.3 is 4.57 Å². The van der Waals surface area contributed by atoms with Crippen LogP contribution in [-0.4, -0.2) is 14.8 Å². The van der Waals surface area contributed by atoms with Crippen molar-refractivity contribution >= 4 is 11.6 Å². The molecule has 1 aromatic carbocycles. The summed E-state index contributed by atoms with van der Waals surface area (Å²) in [5.74, 6) is 0.897. The standard InChI is InChI=1S/C11H12ClN3/c1-2-7-15-8-13-14-11(15)9-3-5-10(12)6-4-9/h3-6,8H,2,7H2,1H3. The Labute approximate surface area is 93.7 Å². The first kappa shape index (κ1) is 10.2. The Morgan fingerprint density at radius 1 is 1.27 bits per heavy atom. The predicted molar refractivity (Wildman–Crippen MR) is 60.8 cm³/mol. The average Bonchev–Trinajstić information content (AvgIpc) is 2.68. The highest BCUT2D eigenvalue weighted by molar-refractivity contribution is 6.30. The van der Waals surface area contributed by atoms with Gasteiger partial charge in [-0.3, -0.25) is 0 Å². The minimum absolute atomic E-state index is 0.736. The molecule has 0 atom stereocenters. The van der Waals surface area contributed by atoms with Gasteiger partial charge in [0.15, 0.2) is 5.82 Å². The van der Waals surface area contributed by atoms with Crippen molar-refractivity contribution in [2.75, 3.05) is 0 Å². The highest BCUT2D eigenvalue weighted by atomic mass is 35.5. The Morgan fingerprint density at radius 2 is 2.00 bits per heavy atom. The number of benzene rings is 1. The van der Waals surface area contributed by atoms with Crippen molar-refractivity contribution in [3.8, 4) is 11.4 Å². The fraction of sp³-hybridized carbons (Fsp3) is 0.273. The summed E-state index contributed by atoms with van der Waals surface area (Å²) in [5.41, 5.74) is 1.05. The molecule has 3 nitrogen and oxygen atoms in total. The summed E-state index contributed by atoms with van der Waals surface area (Å²) in [6.45, 7) is 3.07. The summed E-state index contributed by atoms with van der Waals surface area (Å²) in [6, 6.07) is 7.64. The van der Waals surface area contributed by atoms with Crippen LogP contribution in [0.1, 0.15) is 13.3 Å². The second kappa shape index (κ2) is 4.45. The Bertz CT molecular complexity index is 433. The van der Waals surface area contributed by atoms with E-state index in [-0.39, 0.29) is 0 Å². The number of hydrogen-bond donors (Lipinski definition) is 0. The zero-order valence-electron chi connectivity index (χ0n) is 8.52. The van der Waals surface area contributed by atoms with Gasteiger partial charge in [-0.1, -0.05) is 18.5 Å². The number of aryl methyl sites for hydroxylation is 1. The van der Waals surface area contributed by atoms with Crippen molar-refractivity contribution in [3.05, 3.63) is 35.6 Å². The fourth-order valence-electron chi connectivity index (χ4n) is 1.48. The molecule has 0 aliphatic carbocycles. The van der Waals surface area contributed by atoms with Crippen molar-refractivity contribution in [1.82, 2.24) is 14.8 Å². The predicted octanol–water partition coefficient (Wildman–Crippen LogP) is 3.01. The zero-order valence-corrected chi connectivity index (χ0v) is 9.28. The lowest BCUT2D eigenvalue weighted by atomic mass is 10.2. The van der Waals surface area contributed by atoms with E-state index in [4.69, 9.17) is 11.6 Å². The summed E-state index contributed by atoms with van der Waals surface area (Å²) < 4.78 is 2.04. The van der Waals surface area contributed by atoms with Crippen molar-refractivity contribution in [2.45, 2.75) is 19.9 Å². The molecule has 0 saturated carbocycles. The average molecular weight is 222 g/mol. The molecule has 0 bridgehead atoms. The second-order valence-corrected chi connectivity index (χ2v) is 3.79. The van der Waals surface area contributed by atoms with Gasteiger partial charge in [-0.2, -0.15) is 0 Å². The molecular formula is C11H12ClN3. The first-order chi connectivity index (χ1) is 7.31. The number of rotatable bonds is 3. The lowest BCUT2D eigenvalue weighted by molar-refractivity contribution is 0.683. The normalized spacial score (nSPS) is 10.5. The van der Waals surface area contributed by atoms with Gasteiger partial charge in [-0.25, -0.2) is 0 Å². The third-order valence-corrected chi connectivity index (χ3v) is 2.43. The van der Waals surface area contributed by atoms with Crippen LogP contribution in [0, 0.1) is 0 Å². The van der Waals surface area contributed by atoms with E-state index >= 15 is 0 Å². The minimum atomic E-state index is 0.736. The highest BCUT2D eigenvalue weighted by Gasteiger charge is 2.05. The first-order valence-electron chi connectivity index (χ1n) is 4.95. The molecule has 0 unspecified atom stereocenters. The van der Waals surface area contributed by atoms with E-state index < -0.39 is 0 Å². The quantitative estimate of drug-likeness (QED) is 0.798. The van der Waals surface area contributed by atoms with E-state index in [2.05, 4.69) is 17.1 Å². The van der Waals surface area contributed by atoms with E-state index in [9.17, 15) is 0 Å². The number of nitrogens with zero attached hydrogens (tertiary/aromatic N) is 3. The SMILES string of the molecule is CCCn1cnnc1-c1ccc(Cl)cc1. The van der Waals surface area contributed by atoms with Gasteiger partial charge in [0.2, 0.25) is 0 Å². The molecule has 0 saturated heterocycles. The molecule has 1 aromatic heterocycles. The minimum Gasteiger partial charge on any atom is -0.314 e. The van der Waals surface area contributed by atoms with Crippen LogP contribution in [0.2, 0.25) is 5.02 Å². The van der Waals surface area contributed by atoms with Crippen molar-refractivity contribution in [1.29, 1.82) is 0 Å². The maximum Gasteiger partial charge on any atom is 0.163 e. The molecule has 2 aromatic rings. The molecule has 0 spiro atoms. The van der Waals surface area contributed by atoms with Crippen LogP contribution < -0.4 is 0 Å². The molecule has 0 radical (unpaired) electrons. The number of aromatic nitrogens is 3. The number of hydrogen-bond acceptors (Lipinski definition) is 2.